The number of H-pyrrole nitrogens is 1. The van der Waals surface area contributed by atoms with Crippen molar-refractivity contribution in [2.24, 2.45) is 0 Å². The molecule has 1 fully saturated rings. The second-order valence-corrected chi connectivity index (χ2v) is 10.6. The Kier molecular flexibility index (Phi) is 5.97. The number of nitrogens with one attached hydrogen (secondary N) is 2. The summed E-state index contributed by atoms with van der Waals surface area (Å²) in [6, 6.07) is 5.38. The lowest BCUT2D eigenvalue weighted by Gasteiger charge is -2.30. The molecule has 11 nitrogen and oxygen atoms in total. The zero-order valence-electron chi connectivity index (χ0n) is 19.5. The molecule has 0 radical (unpaired) electrons. The number of sulfonamides is 1. The summed E-state index contributed by atoms with van der Waals surface area (Å²) in [6.07, 6.45) is 2.75. The van der Waals surface area contributed by atoms with E-state index < -0.39 is 22.1 Å². The second kappa shape index (κ2) is 8.96. The van der Waals surface area contributed by atoms with Gasteiger partial charge in [-0.05, 0) is 38.3 Å². The molecule has 3 aromatic heterocycles. The van der Waals surface area contributed by atoms with Crippen molar-refractivity contribution in [1.29, 1.82) is 0 Å². The van der Waals surface area contributed by atoms with E-state index in [4.69, 9.17) is 14.7 Å². The van der Waals surface area contributed by atoms with Crippen LogP contribution in [-0.2, 0) is 10.0 Å². The summed E-state index contributed by atoms with van der Waals surface area (Å²) < 4.78 is 45.1. The largest absolute Gasteiger partial charge is 0.474 e. The number of piperidine rings is 1. The van der Waals surface area contributed by atoms with Gasteiger partial charge in [0.05, 0.1) is 23.2 Å². The maximum Gasteiger partial charge on any atom is 0.289 e. The molecule has 13 heteroatoms. The van der Waals surface area contributed by atoms with E-state index in [0.29, 0.717) is 49.0 Å². The van der Waals surface area contributed by atoms with Crippen LogP contribution < -0.4 is 10.1 Å². The van der Waals surface area contributed by atoms with Gasteiger partial charge in [-0.3, -0.25) is 0 Å². The van der Waals surface area contributed by atoms with Gasteiger partial charge >= 0.3 is 0 Å². The number of aromatic nitrogens is 6. The Balaban J connectivity index is 1.44. The zero-order chi connectivity index (χ0) is 24.7. The van der Waals surface area contributed by atoms with Gasteiger partial charge in [0.1, 0.15) is 17.9 Å². The third kappa shape index (κ3) is 4.73. The van der Waals surface area contributed by atoms with Crippen molar-refractivity contribution in [1.82, 2.24) is 34.2 Å². The fourth-order valence-electron chi connectivity index (χ4n) is 4.23. The molecule has 0 spiro atoms. The Morgan fingerprint density at radius 3 is 2.71 bits per heavy atom. The van der Waals surface area contributed by atoms with Crippen molar-refractivity contribution >= 4 is 37.9 Å². The lowest BCUT2D eigenvalue weighted by Crippen LogP contribution is -2.41. The van der Waals surface area contributed by atoms with Crippen LogP contribution in [0.25, 0.3) is 22.1 Å². The number of ether oxygens (including phenoxy) is 1. The highest BCUT2D eigenvalue weighted by molar-refractivity contribution is 7.88. The maximum absolute atomic E-state index is 13.6. The van der Waals surface area contributed by atoms with E-state index in [2.05, 4.69) is 25.3 Å². The summed E-state index contributed by atoms with van der Waals surface area (Å²) in [5.74, 6) is 1.30. The quantitative estimate of drug-likeness (QED) is 0.383. The molecule has 1 aliphatic rings. The lowest BCUT2D eigenvalue weighted by molar-refractivity contribution is 0.131. The van der Waals surface area contributed by atoms with Gasteiger partial charge in [-0.15, -0.1) is 0 Å². The van der Waals surface area contributed by atoms with Gasteiger partial charge in [0.15, 0.2) is 17.3 Å². The smallest absolute Gasteiger partial charge is 0.289 e. The molecule has 0 aliphatic carbocycles. The Morgan fingerprint density at radius 1 is 1.20 bits per heavy atom. The van der Waals surface area contributed by atoms with Gasteiger partial charge < -0.3 is 15.0 Å². The summed E-state index contributed by atoms with van der Waals surface area (Å²) >= 11 is 0. The molecular formula is C22H25FN8O3S. The zero-order valence-corrected chi connectivity index (χ0v) is 20.3. The van der Waals surface area contributed by atoms with Crippen molar-refractivity contribution in [2.45, 2.75) is 38.8 Å². The molecule has 1 atom stereocenters. The molecular weight excluding hydrogens is 475 g/mol. The van der Waals surface area contributed by atoms with Crippen LogP contribution in [0.2, 0.25) is 0 Å². The molecule has 0 unspecified atom stereocenters. The van der Waals surface area contributed by atoms with E-state index in [1.807, 2.05) is 32.0 Å². The van der Waals surface area contributed by atoms with Crippen molar-refractivity contribution in [2.75, 3.05) is 24.7 Å². The number of halogens is 1. The first-order valence-electron chi connectivity index (χ1n) is 11.2. The molecule has 4 heterocycles. The second-order valence-electron chi connectivity index (χ2n) is 8.65. The fraction of sp³-hybridized carbons (Fsp3) is 0.409. The average molecular weight is 501 g/mol. The molecule has 1 aromatic carbocycles. The van der Waals surface area contributed by atoms with Crippen LogP contribution in [0.15, 0.2) is 24.5 Å². The van der Waals surface area contributed by atoms with Gasteiger partial charge in [-0.25, -0.2) is 27.7 Å². The minimum absolute atomic E-state index is 0.170. The Bertz CT molecular complexity index is 1500. The first-order valence-corrected chi connectivity index (χ1v) is 13.1. The first-order chi connectivity index (χ1) is 16.7. The molecule has 2 N–H and O–H groups in total. The summed E-state index contributed by atoms with van der Waals surface area (Å²) in [5.41, 5.74) is 2.27. The Labute approximate surface area is 201 Å². The topological polar surface area (TPSA) is 139 Å². The van der Waals surface area contributed by atoms with Crippen LogP contribution in [0.5, 0.6) is 5.88 Å². The van der Waals surface area contributed by atoms with Crippen molar-refractivity contribution in [3.63, 3.8) is 0 Å². The summed E-state index contributed by atoms with van der Waals surface area (Å²) in [6.45, 7) is 4.64. The normalized spacial score (nSPS) is 16.6. The fourth-order valence-corrected chi connectivity index (χ4v) is 5.10. The predicted molar refractivity (Wildman–Crippen MR) is 128 cm³/mol. The van der Waals surface area contributed by atoms with Crippen molar-refractivity contribution in [3.05, 3.63) is 42.0 Å². The summed E-state index contributed by atoms with van der Waals surface area (Å²) in [5, 5.41) is 4.02. The van der Waals surface area contributed by atoms with Gasteiger partial charge in [0.2, 0.25) is 15.9 Å². The monoisotopic (exact) mass is 500 g/mol. The van der Waals surface area contributed by atoms with Crippen molar-refractivity contribution < 1.29 is 17.5 Å². The number of hydrogen-bond donors (Lipinski definition) is 2. The number of nitrogens with zero attached hydrogens (tertiary/aromatic N) is 6. The average Bonchev–Trinajstić information content (AvgIpc) is 3.20. The standard InChI is InChI=1S/C22H25FN8O3S/c1-12-5-4-6-15-16(12)21(34-14-7-9-31(10-8-14)35(3,32)33)29-18(27-15)13(2)26-19-17-20(25-11-24-19)30-22(23)28-17/h4-6,11,13-14H,7-10H2,1-3H3,(H2,24,25,26,28,30)/t13-/m0/s1. The highest BCUT2D eigenvalue weighted by Gasteiger charge is 2.27. The van der Waals surface area contributed by atoms with Gasteiger partial charge in [0.25, 0.3) is 6.08 Å². The number of hydrogen-bond acceptors (Lipinski definition) is 9. The molecule has 0 saturated carbocycles. The van der Waals surface area contributed by atoms with Crippen molar-refractivity contribution in [3.8, 4) is 5.88 Å². The molecule has 1 saturated heterocycles. The van der Waals surface area contributed by atoms with Crippen LogP contribution in [0.4, 0.5) is 10.2 Å². The minimum Gasteiger partial charge on any atom is -0.474 e. The highest BCUT2D eigenvalue weighted by Crippen LogP contribution is 2.31. The Hall–Kier alpha value is -3.45. The number of aryl methyl sites for hydroxylation is 1. The molecule has 1 aliphatic heterocycles. The first kappa shape index (κ1) is 23.3. The van der Waals surface area contributed by atoms with E-state index in [0.717, 1.165) is 16.5 Å². The van der Waals surface area contributed by atoms with Gasteiger partial charge in [-0.2, -0.15) is 14.4 Å². The number of rotatable bonds is 6. The molecule has 184 valence electrons. The molecule has 0 bridgehead atoms. The minimum atomic E-state index is -3.22. The molecule has 5 rings (SSSR count). The number of imidazole rings is 1. The van der Waals surface area contributed by atoms with Crippen LogP contribution in [0, 0.1) is 13.0 Å². The molecule has 35 heavy (non-hydrogen) atoms. The number of anilines is 1. The van der Waals surface area contributed by atoms with Crippen LogP contribution in [0.1, 0.15) is 37.2 Å². The maximum atomic E-state index is 13.6. The van der Waals surface area contributed by atoms with Gasteiger partial charge in [-0.1, -0.05) is 12.1 Å². The third-order valence-corrected chi connectivity index (χ3v) is 7.37. The van der Waals surface area contributed by atoms with E-state index in [9.17, 15) is 12.8 Å². The van der Waals surface area contributed by atoms with E-state index >= 15 is 0 Å². The van der Waals surface area contributed by atoms with E-state index in [-0.39, 0.29) is 11.8 Å². The van der Waals surface area contributed by atoms with E-state index in [1.54, 1.807) is 0 Å². The SMILES string of the molecule is Cc1cccc2nc([C@H](C)Nc3ncnc4nc(F)[nH]c34)nc(OC3CCN(S(C)(=O)=O)CC3)c12. The molecule has 0 amide bonds. The Morgan fingerprint density at radius 2 is 1.97 bits per heavy atom. The lowest BCUT2D eigenvalue weighted by atomic mass is 10.1. The van der Waals surface area contributed by atoms with Crippen LogP contribution in [-0.4, -0.2) is 68.1 Å². The summed E-state index contributed by atoms with van der Waals surface area (Å²) in [4.78, 5) is 23.9. The third-order valence-electron chi connectivity index (χ3n) is 6.06. The summed E-state index contributed by atoms with van der Waals surface area (Å²) in [7, 11) is -3.22. The van der Waals surface area contributed by atoms with E-state index in [1.165, 1.54) is 16.9 Å². The van der Waals surface area contributed by atoms with Gasteiger partial charge in [0, 0.05) is 13.1 Å². The van der Waals surface area contributed by atoms with Crippen LogP contribution in [0.3, 0.4) is 0 Å². The molecule has 4 aromatic rings. The predicted octanol–water partition coefficient (Wildman–Crippen LogP) is 2.72. The van der Waals surface area contributed by atoms with Crippen LogP contribution >= 0.6 is 0 Å². The number of fused-ring (bicyclic) bond motifs is 2. The number of benzene rings is 1. The number of aromatic amines is 1. The highest BCUT2D eigenvalue weighted by atomic mass is 32.2.